The van der Waals surface area contributed by atoms with Crippen LogP contribution in [-0.2, 0) is 4.79 Å². The molecular weight excluding hydrogens is 240 g/mol. The monoisotopic (exact) mass is 258 g/mol. The number of carboxylic acids is 1. The van der Waals surface area contributed by atoms with E-state index >= 15 is 0 Å². The van der Waals surface area contributed by atoms with Crippen molar-refractivity contribution in [1.29, 1.82) is 0 Å². The van der Waals surface area contributed by atoms with Gasteiger partial charge in [0.15, 0.2) is 0 Å². The second kappa shape index (κ2) is 4.92. The molecule has 0 unspecified atom stereocenters. The van der Waals surface area contributed by atoms with E-state index in [-0.39, 0.29) is 0 Å². The molecule has 0 aromatic heterocycles. The molecule has 2 rings (SSSR count). The van der Waals surface area contributed by atoms with E-state index in [0.29, 0.717) is 0 Å². The van der Waals surface area contributed by atoms with Crippen LogP contribution in [0.15, 0.2) is 24.3 Å². The highest BCUT2D eigenvalue weighted by molar-refractivity contribution is 5.90. The number of hydrogen-bond acceptors (Lipinski definition) is 2. The smallest absolute Gasteiger partial charge is 0.310 e. The molecule has 0 radical (unpaired) electrons. The van der Waals surface area contributed by atoms with Crippen molar-refractivity contribution >= 4 is 16.7 Å². The molecule has 0 spiro atoms. The molecule has 1 N–H and O–H groups in total. The SMILES string of the molecule is COc1ccc2c(C)c([C@H](C)C(=O)O)c(C)cc2c1. The van der Waals surface area contributed by atoms with Gasteiger partial charge < -0.3 is 9.84 Å². The summed E-state index contributed by atoms with van der Waals surface area (Å²) in [7, 11) is 1.64. The summed E-state index contributed by atoms with van der Waals surface area (Å²) in [5.41, 5.74) is 2.95. The molecule has 0 amide bonds. The molecule has 2 aromatic rings. The molecule has 0 fully saturated rings. The van der Waals surface area contributed by atoms with Gasteiger partial charge in [0, 0.05) is 0 Å². The van der Waals surface area contributed by atoms with Gasteiger partial charge in [-0.3, -0.25) is 4.79 Å². The topological polar surface area (TPSA) is 46.5 Å². The first-order chi connectivity index (χ1) is 8.95. The van der Waals surface area contributed by atoms with Crippen molar-refractivity contribution in [3.8, 4) is 5.75 Å². The van der Waals surface area contributed by atoms with Crippen LogP contribution in [0.25, 0.3) is 10.8 Å². The summed E-state index contributed by atoms with van der Waals surface area (Å²) < 4.78 is 5.22. The van der Waals surface area contributed by atoms with Crippen LogP contribution in [0.3, 0.4) is 0 Å². The Kier molecular flexibility index (Phi) is 3.47. The van der Waals surface area contributed by atoms with Crippen LogP contribution >= 0.6 is 0 Å². The van der Waals surface area contributed by atoms with Crippen molar-refractivity contribution in [3.05, 3.63) is 41.0 Å². The molecule has 19 heavy (non-hydrogen) atoms. The van der Waals surface area contributed by atoms with Crippen molar-refractivity contribution < 1.29 is 14.6 Å². The molecule has 100 valence electrons. The molecule has 0 heterocycles. The lowest BCUT2D eigenvalue weighted by Crippen LogP contribution is -2.11. The average Bonchev–Trinajstić information content (AvgIpc) is 2.37. The fraction of sp³-hybridized carbons (Fsp3) is 0.312. The standard InChI is InChI=1S/C16H18O3/c1-9-7-12-8-13(19-4)5-6-14(12)10(2)15(9)11(3)16(17)18/h5-8,11H,1-4H3,(H,17,18)/t11-/m0/s1. The Morgan fingerprint density at radius 3 is 2.53 bits per heavy atom. The minimum Gasteiger partial charge on any atom is -0.497 e. The van der Waals surface area contributed by atoms with Gasteiger partial charge >= 0.3 is 5.97 Å². The Bertz CT molecular complexity index is 644. The van der Waals surface area contributed by atoms with Crippen LogP contribution in [0.2, 0.25) is 0 Å². The molecule has 0 saturated carbocycles. The number of carboxylic acid groups (broad SMARTS) is 1. The van der Waals surface area contributed by atoms with Gasteiger partial charge in [0.1, 0.15) is 5.75 Å². The van der Waals surface area contributed by atoms with Gasteiger partial charge in [-0.25, -0.2) is 0 Å². The fourth-order valence-electron chi connectivity index (χ4n) is 2.67. The predicted octanol–water partition coefficient (Wildman–Crippen LogP) is 3.65. The van der Waals surface area contributed by atoms with Gasteiger partial charge in [0.05, 0.1) is 13.0 Å². The maximum Gasteiger partial charge on any atom is 0.310 e. The third-order valence-electron chi connectivity index (χ3n) is 3.67. The molecule has 0 saturated heterocycles. The molecular formula is C16H18O3. The predicted molar refractivity (Wildman–Crippen MR) is 76.0 cm³/mol. The van der Waals surface area contributed by atoms with Gasteiger partial charge in [-0.15, -0.1) is 0 Å². The summed E-state index contributed by atoms with van der Waals surface area (Å²) in [5, 5.41) is 11.4. The van der Waals surface area contributed by atoms with Gasteiger partial charge in [0.2, 0.25) is 0 Å². The number of rotatable bonds is 3. The zero-order valence-electron chi connectivity index (χ0n) is 11.7. The Morgan fingerprint density at radius 1 is 1.26 bits per heavy atom. The first-order valence-corrected chi connectivity index (χ1v) is 6.26. The number of aryl methyl sites for hydroxylation is 2. The average molecular weight is 258 g/mol. The molecule has 1 atom stereocenters. The van der Waals surface area contributed by atoms with Crippen LogP contribution in [-0.4, -0.2) is 18.2 Å². The summed E-state index contributed by atoms with van der Waals surface area (Å²) in [4.78, 5) is 11.2. The van der Waals surface area contributed by atoms with Crippen molar-refractivity contribution in [2.45, 2.75) is 26.7 Å². The van der Waals surface area contributed by atoms with E-state index in [1.807, 2.05) is 38.1 Å². The third-order valence-corrected chi connectivity index (χ3v) is 3.67. The second-order valence-electron chi connectivity index (χ2n) is 4.88. The highest BCUT2D eigenvalue weighted by Gasteiger charge is 2.19. The van der Waals surface area contributed by atoms with Crippen molar-refractivity contribution in [1.82, 2.24) is 0 Å². The number of hydrogen-bond donors (Lipinski definition) is 1. The van der Waals surface area contributed by atoms with Crippen LogP contribution in [0, 0.1) is 13.8 Å². The van der Waals surface area contributed by atoms with E-state index in [0.717, 1.165) is 33.2 Å². The Balaban J connectivity index is 2.72. The Labute approximate surface area is 112 Å². The summed E-state index contributed by atoms with van der Waals surface area (Å²) in [6.45, 7) is 5.67. The number of ether oxygens (including phenoxy) is 1. The van der Waals surface area contributed by atoms with Gasteiger partial charge in [-0.1, -0.05) is 12.1 Å². The lowest BCUT2D eigenvalue weighted by Gasteiger charge is -2.17. The van der Waals surface area contributed by atoms with Crippen LogP contribution in [0.1, 0.15) is 29.5 Å². The highest BCUT2D eigenvalue weighted by atomic mass is 16.5. The second-order valence-corrected chi connectivity index (χ2v) is 4.88. The van der Waals surface area contributed by atoms with Crippen LogP contribution < -0.4 is 4.74 Å². The molecule has 0 aliphatic carbocycles. The molecule has 0 bridgehead atoms. The van der Waals surface area contributed by atoms with E-state index in [2.05, 4.69) is 0 Å². The minimum atomic E-state index is -0.793. The Morgan fingerprint density at radius 2 is 1.95 bits per heavy atom. The first kappa shape index (κ1) is 13.4. The maximum atomic E-state index is 11.2. The van der Waals surface area contributed by atoms with Gasteiger partial charge in [-0.2, -0.15) is 0 Å². The van der Waals surface area contributed by atoms with E-state index < -0.39 is 11.9 Å². The molecule has 2 aromatic carbocycles. The van der Waals surface area contributed by atoms with E-state index in [4.69, 9.17) is 4.74 Å². The van der Waals surface area contributed by atoms with E-state index in [1.54, 1.807) is 14.0 Å². The molecule has 3 heteroatoms. The molecule has 3 nitrogen and oxygen atoms in total. The van der Waals surface area contributed by atoms with Gasteiger partial charge in [-0.05, 0) is 60.4 Å². The maximum absolute atomic E-state index is 11.2. The highest BCUT2D eigenvalue weighted by Crippen LogP contribution is 2.32. The summed E-state index contributed by atoms with van der Waals surface area (Å²) >= 11 is 0. The molecule has 0 aliphatic heterocycles. The minimum absolute atomic E-state index is 0.494. The largest absolute Gasteiger partial charge is 0.497 e. The summed E-state index contributed by atoms with van der Waals surface area (Å²) in [6.07, 6.45) is 0. The lowest BCUT2D eigenvalue weighted by molar-refractivity contribution is -0.138. The summed E-state index contributed by atoms with van der Waals surface area (Å²) in [5.74, 6) is -0.476. The number of carbonyl (C=O) groups is 1. The number of aliphatic carboxylic acids is 1. The Hall–Kier alpha value is -2.03. The number of benzene rings is 2. The fourth-order valence-corrected chi connectivity index (χ4v) is 2.67. The van der Waals surface area contributed by atoms with Crippen molar-refractivity contribution in [2.24, 2.45) is 0 Å². The number of fused-ring (bicyclic) bond motifs is 1. The quantitative estimate of drug-likeness (QED) is 0.914. The van der Waals surface area contributed by atoms with E-state index in [1.165, 1.54) is 0 Å². The van der Waals surface area contributed by atoms with Crippen LogP contribution in [0.5, 0.6) is 5.75 Å². The zero-order valence-corrected chi connectivity index (χ0v) is 11.7. The third kappa shape index (κ3) is 2.28. The zero-order chi connectivity index (χ0) is 14.2. The summed E-state index contributed by atoms with van der Waals surface area (Å²) in [6, 6.07) is 7.89. The number of methoxy groups -OCH3 is 1. The van der Waals surface area contributed by atoms with E-state index in [9.17, 15) is 9.90 Å². The van der Waals surface area contributed by atoms with Gasteiger partial charge in [0.25, 0.3) is 0 Å². The first-order valence-electron chi connectivity index (χ1n) is 6.26. The molecule has 0 aliphatic rings. The normalized spacial score (nSPS) is 12.4. The van der Waals surface area contributed by atoms with Crippen molar-refractivity contribution in [3.63, 3.8) is 0 Å². The van der Waals surface area contributed by atoms with Crippen LogP contribution in [0.4, 0.5) is 0 Å². The lowest BCUT2D eigenvalue weighted by atomic mass is 9.88. The van der Waals surface area contributed by atoms with Crippen molar-refractivity contribution in [2.75, 3.05) is 7.11 Å².